The van der Waals surface area contributed by atoms with Gasteiger partial charge in [-0.2, -0.15) is 0 Å². The number of methoxy groups -OCH3 is 3. The molecule has 2 aromatic rings. The van der Waals surface area contributed by atoms with E-state index >= 15 is 0 Å². The summed E-state index contributed by atoms with van der Waals surface area (Å²) >= 11 is 0. The first-order chi connectivity index (χ1) is 14.9. The molecule has 3 rings (SSSR count). The Morgan fingerprint density at radius 1 is 1.03 bits per heavy atom. The number of hydrogen-bond donors (Lipinski definition) is 0. The van der Waals surface area contributed by atoms with Crippen molar-refractivity contribution in [3.63, 3.8) is 0 Å². The van der Waals surface area contributed by atoms with Crippen LogP contribution in [0.3, 0.4) is 0 Å². The van der Waals surface area contributed by atoms with E-state index in [9.17, 15) is 9.59 Å². The predicted octanol–water partition coefficient (Wildman–Crippen LogP) is 3.66. The highest BCUT2D eigenvalue weighted by Crippen LogP contribution is 2.40. The average Bonchev–Trinajstić information content (AvgIpc) is 3.05. The molecule has 31 heavy (non-hydrogen) atoms. The Labute approximate surface area is 180 Å². The Kier molecular flexibility index (Phi) is 6.69. The first kappa shape index (κ1) is 22.0. The molecule has 0 aromatic heterocycles. The van der Waals surface area contributed by atoms with Crippen LogP contribution in [0, 0.1) is 0 Å². The zero-order valence-electron chi connectivity index (χ0n) is 18.0. The van der Waals surface area contributed by atoms with E-state index < -0.39 is 5.97 Å². The Hall–Kier alpha value is -3.68. The number of fused-ring (bicyclic) bond motifs is 1. The Bertz CT molecular complexity index is 997. The summed E-state index contributed by atoms with van der Waals surface area (Å²) in [7, 11) is 4.54. The predicted molar refractivity (Wildman–Crippen MR) is 112 cm³/mol. The summed E-state index contributed by atoms with van der Waals surface area (Å²) < 4.78 is 32.2. The van der Waals surface area contributed by atoms with Crippen LogP contribution in [0.5, 0.6) is 28.7 Å². The SMILES string of the molecule is COc1cc(/C=C2\Oc3cc(OCC(=O)OC(C)C)ccc3C2=O)cc(OC)c1OC. The summed E-state index contributed by atoms with van der Waals surface area (Å²) in [5, 5.41) is 0. The zero-order chi connectivity index (χ0) is 22.5. The van der Waals surface area contributed by atoms with Crippen LogP contribution in [0.25, 0.3) is 6.08 Å². The van der Waals surface area contributed by atoms with E-state index in [1.807, 2.05) is 0 Å². The molecule has 0 N–H and O–H groups in total. The van der Waals surface area contributed by atoms with Crippen LogP contribution in [0.4, 0.5) is 0 Å². The molecule has 0 spiro atoms. The highest BCUT2D eigenvalue weighted by atomic mass is 16.6. The zero-order valence-corrected chi connectivity index (χ0v) is 18.0. The number of hydrogen-bond acceptors (Lipinski definition) is 8. The van der Waals surface area contributed by atoms with Crippen molar-refractivity contribution in [2.24, 2.45) is 0 Å². The van der Waals surface area contributed by atoms with Gasteiger partial charge in [0.05, 0.1) is 33.0 Å². The van der Waals surface area contributed by atoms with E-state index in [1.165, 1.54) is 21.3 Å². The van der Waals surface area contributed by atoms with Crippen molar-refractivity contribution in [3.05, 3.63) is 47.2 Å². The molecule has 8 nitrogen and oxygen atoms in total. The Morgan fingerprint density at radius 2 is 1.71 bits per heavy atom. The van der Waals surface area contributed by atoms with Crippen molar-refractivity contribution in [1.82, 2.24) is 0 Å². The number of ketones is 1. The quantitative estimate of drug-likeness (QED) is 0.465. The van der Waals surface area contributed by atoms with Crippen LogP contribution in [0.15, 0.2) is 36.1 Å². The molecular weight excluding hydrogens is 404 g/mol. The number of allylic oxidation sites excluding steroid dienone is 1. The van der Waals surface area contributed by atoms with Gasteiger partial charge >= 0.3 is 5.97 Å². The van der Waals surface area contributed by atoms with E-state index in [-0.39, 0.29) is 24.3 Å². The molecule has 0 saturated heterocycles. The molecule has 2 aromatic carbocycles. The van der Waals surface area contributed by atoms with E-state index in [2.05, 4.69) is 0 Å². The lowest BCUT2D eigenvalue weighted by atomic mass is 10.1. The summed E-state index contributed by atoms with van der Waals surface area (Å²) in [6.45, 7) is 3.28. The largest absolute Gasteiger partial charge is 0.493 e. The smallest absolute Gasteiger partial charge is 0.344 e. The first-order valence-electron chi connectivity index (χ1n) is 9.56. The molecule has 0 saturated carbocycles. The van der Waals surface area contributed by atoms with Crippen molar-refractivity contribution in [1.29, 1.82) is 0 Å². The molecule has 8 heteroatoms. The minimum Gasteiger partial charge on any atom is -0.493 e. The van der Waals surface area contributed by atoms with Gasteiger partial charge in [0.15, 0.2) is 23.9 Å². The van der Waals surface area contributed by atoms with Crippen molar-refractivity contribution in [2.75, 3.05) is 27.9 Å². The van der Waals surface area contributed by atoms with Crippen LogP contribution in [0.2, 0.25) is 0 Å². The van der Waals surface area contributed by atoms with Crippen LogP contribution < -0.4 is 23.7 Å². The van der Waals surface area contributed by atoms with Gasteiger partial charge in [0.1, 0.15) is 11.5 Å². The van der Waals surface area contributed by atoms with E-state index in [0.29, 0.717) is 39.9 Å². The molecule has 1 aliphatic rings. The lowest BCUT2D eigenvalue weighted by Crippen LogP contribution is -2.18. The molecule has 0 aliphatic carbocycles. The van der Waals surface area contributed by atoms with Crippen LogP contribution in [-0.4, -0.2) is 45.8 Å². The summed E-state index contributed by atoms with van der Waals surface area (Å²) in [6.07, 6.45) is 1.37. The second-order valence-electron chi connectivity index (χ2n) is 6.88. The third kappa shape index (κ3) is 4.91. The van der Waals surface area contributed by atoms with Crippen molar-refractivity contribution in [2.45, 2.75) is 20.0 Å². The number of rotatable bonds is 8. The highest BCUT2D eigenvalue weighted by Gasteiger charge is 2.28. The van der Waals surface area contributed by atoms with Crippen molar-refractivity contribution >= 4 is 17.8 Å². The van der Waals surface area contributed by atoms with Gasteiger partial charge in [-0.25, -0.2) is 4.79 Å². The number of ether oxygens (including phenoxy) is 6. The number of esters is 1. The summed E-state index contributed by atoms with van der Waals surface area (Å²) in [5.41, 5.74) is 1.04. The van der Waals surface area contributed by atoms with Gasteiger partial charge in [-0.1, -0.05) is 0 Å². The Balaban J connectivity index is 1.81. The maximum atomic E-state index is 12.7. The second-order valence-corrected chi connectivity index (χ2v) is 6.88. The third-order valence-corrected chi connectivity index (χ3v) is 4.35. The molecule has 0 fully saturated rings. The third-order valence-electron chi connectivity index (χ3n) is 4.35. The normalized spacial score (nSPS) is 13.6. The van der Waals surface area contributed by atoms with Gasteiger partial charge < -0.3 is 28.4 Å². The van der Waals surface area contributed by atoms with E-state index in [0.717, 1.165) is 0 Å². The molecule has 1 aliphatic heterocycles. The van der Waals surface area contributed by atoms with E-state index in [1.54, 1.807) is 50.3 Å². The lowest BCUT2D eigenvalue weighted by molar-refractivity contribution is -0.149. The molecule has 0 unspecified atom stereocenters. The fourth-order valence-corrected chi connectivity index (χ4v) is 3.03. The van der Waals surface area contributed by atoms with Crippen LogP contribution in [-0.2, 0) is 9.53 Å². The van der Waals surface area contributed by atoms with E-state index in [4.69, 9.17) is 28.4 Å². The van der Waals surface area contributed by atoms with Crippen molar-refractivity contribution < 1.29 is 38.0 Å². The van der Waals surface area contributed by atoms with Gasteiger partial charge in [0.2, 0.25) is 11.5 Å². The Morgan fingerprint density at radius 3 is 2.29 bits per heavy atom. The number of carbonyl (C=O) groups is 2. The number of carbonyl (C=O) groups excluding carboxylic acids is 2. The summed E-state index contributed by atoms with van der Waals surface area (Å²) in [4.78, 5) is 24.4. The standard InChI is InChI=1S/C23H24O8/c1-13(2)30-21(24)12-29-15-6-7-16-17(11-15)31-18(22(16)25)8-14-9-19(26-3)23(28-5)20(10-14)27-4/h6-11,13H,12H2,1-5H3/b18-8-. The summed E-state index contributed by atoms with van der Waals surface area (Å²) in [6, 6.07) is 8.18. The van der Waals surface area contributed by atoms with Crippen molar-refractivity contribution in [3.8, 4) is 28.7 Å². The van der Waals surface area contributed by atoms with Gasteiger partial charge in [-0.05, 0) is 49.8 Å². The maximum Gasteiger partial charge on any atom is 0.344 e. The molecule has 1 heterocycles. The van der Waals surface area contributed by atoms with Gasteiger partial charge in [0.25, 0.3) is 0 Å². The minimum atomic E-state index is -0.476. The lowest BCUT2D eigenvalue weighted by Gasteiger charge is -2.13. The first-order valence-corrected chi connectivity index (χ1v) is 9.56. The monoisotopic (exact) mass is 428 g/mol. The fraction of sp³-hybridized carbons (Fsp3) is 0.304. The minimum absolute atomic E-state index is 0.139. The molecule has 164 valence electrons. The molecular formula is C23H24O8. The average molecular weight is 428 g/mol. The van der Waals surface area contributed by atoms with Gasteiger partial charge in [-0.15, -0.1) is 0 Å². The summed E-state index contributed by atoms with van der Waals surface area (Å²) in [5.74, 6) is 1.50. The number of benzene rings is 2. The topological polar surface area (TPSA) is 89.5 Å². The van der Waals surface area contributed by atoms with Crippen LogP contribution >= 0.6 is 0 Å². The maximum absolute atomic E-state index is 12.7. The van der Waals surface area contributed by atoms with Gasteiger partial charge in [0, 0.05) is 6.07 Å². The second kappa shape index (κ2) is 9.42. The van der Waals surface area contributed by atoms with Crippen LogP contribution in [0.1, 0.15) is 29.8 Å². The molecule has 0 atom stereocenters. The molecule has 0 radical (unpaired) electrons. The highest BCUT2D eigenvalue weighted by molar-refractivity contribution is 6.14. The number of Topliss-reactive ketones (excluding diaryl/α,β-unsaturated/α-hetero) is 1. The fourth-order valence-electron chi connectivity index (χ4n) is 3.03. The molecule has 0 bridgehead atoms. The van der Waals surface area contributed by atoms with Gasteiger partial charge in [-0.3, -0.25) is 4.79 Å². The molecule has 0 amide bonds.